The molecule has 20 heavy (non-hydrogen) atoms. The number of thioether (sulfide) groups is 1. The average Bonchev–Trinajstić information content (AvgIpc) is 2.88. The maximum absolute atomic E-state index is 12.0. The van der Waals surface area contributed by atoms with E-state index in [1.54, 1.807) is 11.8 Å². The van der Waals surface area contributed by atoms with Gasteiger partial charge in [0, 0.05) is 9.62 Å². The molecule has 0 fully saturated rings. The molecule has 1 aromatic rings. The van der Waals surface area contributed by atoms with Crippen LogP contribution in [0, 0.1) is 0 Å². The van der Waals surface area contributed by atoms with E-state index < -0.39 is 0 Å². The van der Waals surface area contributed by atoms with Crippen LogP contribution in [0.25, 0.3) is 0 Å². The van der Waals surface area contributed by atoms with Crippen LogP contribution in [-0.4, -0.2) is 29.5 Å². The number of hydrogen-bond acceptors (Lipinski definition) is 5. The van der Waals surface area contributed by atoms with E-state index in [4.69, 9.17) is 0 Å². The van der Waals surface area contributed by atoms with Gasteiger partial charge in [-0.3, -0.25) is 9.59 Å². The summed E-state index contributed by atoms with van der Waals surface area (Å²) in [4.78, 5) is 24.4. The third kappa shape index (κ3) is 6.43. The molecule has 4 nitrogen and oxygen atoms in total. The highest BCUT2D eigenvalue weighted by atomic mass is 32.2. The van der Waals surface area contributed by atoms with Crippen molar-refractivity contribution in [2.24, 2.45) is 0 Å². The molecule has 1 amide bonds. The summed E-state index contributed by atoms with van der Waals surface area (Å²) < 4.78 is 4.72. The van der Waals surface area contributed by atoms with Crippen molar-refractivity contribution in [1.82, 2.24) is 5.32 Å². The van der Waals surface area contributed by atoms with Gasteiger partial charge in [0.2, 0.25) is 5.91 Å². The number of ether oxygens (including phenoxy) is 1. The van der Waals surface area contributed by atoms with Crippen LogP contribution in [0.1, 0.15) is 38.1 Å². The Bertz CT molecular complexity index is 438. The average molecular weight is 315 g/mol. The summed E-state index contributed by atoms with van der Waals surface area (Å²) in [6.45, 7) is 6.20. The second-order valence-corrected chi connectivity index (χ2v) is 8.10. The van der Waals surface area contributed by atoms with Crippen molar-refractivity contribution in [2.75, 3.05) is 12.9 Å². The second kappa shape index (κ2) is 7.69. The van der Waals surface area contributed by atoms with Crippen molar-refractivity contribution in [3.8, 4) is 0 Å². The minimum Gasteiger partial charge on any atom is -0.469 e. The van der Waals surface area contributed by atoms with Gasteiger partial charge in [0.25, 0.3) is 0 Å². The Hall–Kier alpha value is -1.01. The molecule has 0 aromatic carbocycles. The second-order valence-electron chi connectivity index (χ2n) is 5.32. The highest BCUT2D eigenvalue weighted by Gasteiger charge is 2.21. The molecule has 1 atom stereocenters. The Morgan fingerprint density at radius 3 is 2.65 bits per heavy atom. The zero-order valence-electron chi connectivity index (χ0n) is 12.3. The Morgan fingerprint density at radius 1 is 1.45 bits per heavy atom. The van der Waals surface area contributed by atoms with Crippen LogP contribution < -0.4 is 5.32 Å². The number of methoxy groups -OCH3 is 1. The van der Waals surface area contributed by atoms with Gasteiger partial charge in [-0.1, -0.05) is 26.8 Å². The van der Waals surface area contributed by atoms with Crippen LogP contribution in [-0.2, 0) is 14.3 Å². The molecule has 1 N–H and O–H groups in total. The molecule has 0 aliphatic rings. The predicted molar refractivity (Wildman–Crippen MR) is 84.0 cm³/mol. The van der Waals surface area contributed by atoms with E-state index in [0.717, 1.165) is 4.88 Å². The van der Waals surface area contributed by atoms with Gasteiger partial charge in [-0.2, -0.15) is 0 Å². The van der Waals surface area contributed by atoms with Gasteiger partial charge in [0.1, 0.15) is 0 Å². The first-order chi connectivity index (χ1) is 9.31. The van der Waals surface area contributed by atoms with Crippen molar-refractivity contribution in [3.63, 3.8) is 0 Å². The lowest BCUT2D eigenvalue weighted by atomic mass is 10.1. The number of carbonyl (C=O) groups is 2. The molecule has 1 aromatic heterocycles. The minimum absolute atomic E-state index is 0.0398. The standard InChI is InChI=1S/C14H21NO3S2/c1-14(2,3)20-9-12(16)15-10(8-13(17)18-4)11-6-5-7-19-11/h5-7,10H,8-9H2,1-4H3,(H,15,16). The lowest BCUT2D eigenvalue weighted by Crippen LogP contribution is -2.32. The fraction of sp³-hybridized carbons (Fsp3) is 0.571. The summed E-state index contributed by atoms with van der Waals surface area (Å²) in [5.74, 6) is -0.00795. The van der Waals surface area contributed by atoms with Crippen molar-refractivity contribution in [1.29, 1.82) is 0 Å². The SMILES string of the molecule is COC(=O)CC(NC(=O)CSC(C)(C)C)c1cccs1. The molecule has 6 heteroatoms. The van der Waals surface area contributed by atoms with Gasteiger partial charge in [-0.15, -0.1) is 23.1 Å². The quantitative estimate of drug-likeness (QED) is 0.820. The van der Waals surface area contributed by atoms with Crippen molar-refractivity contribution >= 4 is 35.0 Å². The highest BCUT2D eigenvalue weighted by Crippen LogP contribution is 2.25. The summed E-state index contributed by atoms with van der Waals surface area (Å²) in [5, 5.41) is 4.83. The molecule has 0 spiro atoms. The fourth-order valence-electron chi connectivity index (χ4n) is 1.48. The zero-order chi connectivity index (χ0) is 15.2. The van der Waals surface area contributed by atoms with Crippen LogP contribution in [0.4, 0.5) is 0 Å². The summed E-state index contributed by atoms with van der Waals surface area (Å²) in [6.07, 6.45) is 0.156. The van der Waals surface area contributed by atoms with Gasteiger partial charge in [0.05, 0.1) is 25.3 Å². The highest BCUT2D eigenvalue weighted by molar-refractivity contribution is 8.01. The van der Waals surface area contributed by atoms with E-state index in [1.807, 2.05) is 17.5 Å². The first-order valence-corrected chi connectivity index (χ1v) is 8.22. The number of carbonyl (C=O) groups excluding carboxylic acids is 2. The number of thiophene rings is 1. The van der Waals surface area contributed by atoms with Crippen LogP contribution in [0.3, 0.4) is 0 Å². The van der Waals surface area contributed by atoms with Crippen LogP contribution in [0.2, 0.25) is 0 Å². The smallest absolute Gasteiger partial charge is 0.307 e. The third-order valence-corrected chi connectivity index (χ3v) is 4.72. The maximum atomic E-state index is 12.0. The maximum Gasteiger partial charge on any atom is 0.307 e. The van der Waals surface area contributed by atoms with Gasteiger partial charge in [-0.25, -0.2) is 0 Å². The minimum atomic E-state index is -0.327. The summed E-state index contributed by atoms with van der Waals surface area (Å²) >= 11 is 3.10. The number of rotatable bonds is 6. The molecule has 0 aliphatic carbocycles. The predicted octanol–water partition coefficient (Wildman–Crippen LogP) is 3.00. The van der Waals surface area contributed by atoms with Gasteiger partial charge < -0.3 is 10.1 Å². The summed E-state index contributed by atoms with van der Waals surface area (Å²) in [7, 11) is 1.35. The van der Waals surface area contributed by atoms with Gasteiger partial charge in [-0.05, 0) is 11.4 Å². The number of esters is 1. The molecular formula is C14H21NO3S2. The Kier molecular flexibility index (Phi) is 6.55. The molecule has 0 bridgehead atoms. The molecule has 1 heterocycles. The Morgan fingerprint density at radius 2 is 2.15 bits per heavy atom. The molecule has 0 radical (unpaired) electrons. The van der Waals surface area contributed by atoms with E-state index in [9.17, 15) is 9.59 Å². The molecular weight excluding hydrogens is 294 g/mol. The van der Waals surface area contributed by atoms with Crippen LogP contribution >= 0.6 is 23.1 Å². The zero-order valence-corrected chi connectivity index (χ0v) is 13.9. The lowest BCUT2D eigenvalue weighted by molar-refractivity contribution is -0.141. The summed E-state index contributed by atoms with van der Waals surface area (Å²) in [5.41, 5.74) is 0. The van der Waals surface area contributed by atoms with Gasteiger partial charge in [0.15, 0.2) is 0 Å². The number of nitrogens with one attached hydrogen (secondary N) is 1. The number of amides is 1. The molecule has 1 unspecified atom stereocenters. The Labute approximate surface area is 128 Å². The third-order valence-electron chi connectivity index (χ3n) is 2.46. The van der Waals surface area contributed by atoms with E-state index in [0.29, 0.717) is 5.75 Å². The molecule has 112 valence electrons. The van der Waals surface area contributed by atoms with Crippen LogP contribution in [0.5, 0.6) is 0 Å². The molecule has 0 aliphatic heterocycles. The van der Waals surface area contributed by atoms with Crippen molar-refractivity contribution in [3.05, 3.63) is 22.4 Å². The molecule has 0 saturated heterocycles. The fourth-order valence-corrected chi connectivity index (χ4v) is 2.91. The van der Waals surface area contributed by atoms with E-state index in [-0.39, 0.29) is 29.1 Å². The largest absolute Gasteiger partial charge is 0.469 e. The van der Waals surface area contributed by atoms with Crippen molar-refractivity contribution in [2.45, 2.75) is 38.0 Å². The van der Waals surface area contributed by atoms with Gasteiger partial charge >= 0.3 is 5.97 Å². The van der Waals surface area contributed by atoms with Crippen molar-refractivity contribution < 1.29 is 14.3 Å². The molecule has 0 saturated carbocycles. The van der Waals surface area contributed by atoms with E-state index in [2.05, 4.69) is 30.8 Å². The monoisotopic (exact) mass is 315 g/mol. The van der Waals surface area contributed by atoms with E-state index >= 15 is 0 Å². The topological polar surface area (TPSA) is 55.4 Å². The molecule has 1 rings (SSSR count). The first kappa shape index (κ1) is 17.0. The van der Waals surface area contributed by atoms with Crippen LogP contribution in [0.15, 0.2) is 17.5 Å². The van der Waals surface area contributed by atoms with E-state index in [1.165, 1.54) is 18.4 Å². The first-order valence-electron chi connectivity index (χ1n) is 6.35. The summed E-state index contributed by atoms with van der Waals surface area (Å²) in [6, 6.07) is 3.51. The lowest BCUT2D eigenvalue weighted by Gasteiger charge is -2.20. The number of hydrogen-bond donors (Lipinski definition) is 1. The Balaban J connectivity index is 2.61. The normalized spacial score (nSPS) is 12.8.